The molecule has 4 nitrogen and oxygen atoms in total. The normalized spacial score (nSPS) is 12.8. The van der Waals surface area contributed by atoms with Crippen molar-refractivity contribution in [1.29, 1.82) is 0 Å². The average molecular weight is 360 g/mol. The van der Waals surface area contributed by atoms with Crippen molar-refractivity contribution in [3.05, 3.63) is 0 Å². The fourth-order valence-electron chi connectivity index (χ4n) is 3.06. The summed E-state index contributed by atoms with van der Waals surface area (Å²) in [7, 11) is 4.16. The second-order valence-electron chi connectivity index (χ2n) is 7.43. The molecule has 24 heavy (non-hydrogen) atoms. The summed E-state index contributed by atoms with van der Waals surface area (Å²) in [5, 5.41) is 0. The van der Waals surface area contributed by atoms with Gasteiger partial charge in [0.25, 0.3) is 0 Å². The Labute approximate surface area is 154 Å². The van der Waals surface area contributed by atoms with E-state index in [0.717, 1.165) is 0 Å². The minimum absolute atomic E-state index is 0.335. The van der Waals surface area contributed by atoms with Crippen LogP contribution in [0.25, 0.3) is 0 Å². The molecule has 0 N–H and O–H groups in total. The van der Waals surface area contributed by atoms with Crippen LogP contribution in [-0.2, 0) is 4.43 Å². The Morgan fingerprint density at radius 2 is 1.25 bits per heavy atom. The van der Waals surface area contributed by atoms with Crippen molar-refractivity contribution in [3.63, 3.8) is 0 Å². The summed E-state index contributed by atoms with van der Waals surface area (Å²) < 4.78 is 5.84. The molecule has 0 amide bonds. The first-order chi connectivity index (χ1) is 11.5. The molecule has 0 aromatic heterocycles. The van der Waals surface area contributed by atoms with Crippen molar-refractivity contribution in [1.82, 2.24) is 14.7 Å². The van der Waals surface area contributed by atoms with Crippen LogP contribution in [0.3, 0.4) is 0 Å². The van der Waals surface area contributed by atoms with E-state index in [9.17, 15) is 0 Å². The Balaban J connectivity index is 4.03. The van der Waals surface area contributed by atoms with Crippen LogP contribution in [-0.4, -0.2) is 90.5 Å². The topological polar surface area (TPSA) is 19.0 Å². The van der Waals surface area contributed by atoms with Crippen molar-refractivity contribution >= 4 is 9.76 Å². The predicted molar refractivity (Wildman–Crippen MR) is 111 cm³/mol. The second kappa shape index (κ2) is 16.5. The van der Waals surface area contributed by atoms with E-state index in [2.05, 4.69) is 56.5 Å². The van der Waals surface area contributed by atoms with E-state index in [4.69, 9.17) is 4.43 Å². The Kier molecular flexibility index (Phi) is 16.6. The third-order valence-electron chi connectivity index (χ3n) is 4.31. The van der Waals surface area contributed by atoms with Crippen LogP contribution < -0.4 is 0 Å². The standard InChI is InChI=1S/C19H45N3OSi/c1-7-11-20(5)13-9-15-22(17-18-24-23-19(3)4)16-10-14-21(6)12-8-2/h19H,7-18,24H2,1-6H3. The number of rotatable bonds is 17. The van der Waals surface area contributed by atoms with Crippen molar-refractivity contribution in [2.45, 2.75) is 65.5 Å². The maximum atomic E-state index is 5.84. The Morgan fingerprint density at radius 3 is 1.67 bits per heavy atom. The second-order valence-corrected chi connectivity index (χ2v) is 8.88. The first kappa shape index (κ1) is 24.1. The highest BCUT2D eigenvalue weighted by Gasteiger charge is 2.07. The van der Waals surface area contributed by atoms with E-state index in [1.165, 1.54) is 77.5 Å². The van der Waals surface area contributed by atoms with Crippen molar-refractivity contribution in [2.75, 3.05) is 59.9 Å². The average Bonchev–Trinajstić information content (AvgIpc) is 2.51. The van der Waals surface area contributed by atoms with Crippen LogP contribution >= 0.6 is 0 Å². The molecule has 0 spiro atoms. The first-order valence-corrected chi connectivity index (χ1v) is 11.8. The van der Waals surface area contributed by atoms with E-state index < -0.39 is 0 Å². The smallest absolute Gasteiger partial charge is 0.163 e. The molecule has 0 unspecified atom stereocenters. The molecule has 0 saturated heterocycles. The molecule has 0 radical (unpaired) electrons. The Hall–Kier alpha value is 0.0569. The lowest BCUT2D eigenvalue weighted by Gasteiger charge is -2.25. The molecule has 0 aliphatic heterocycles. The van der Waals surface area contributed by atoms with Gasteiger partial charge in [0.1, 0.15) is 0 Å². The summed E-state index contributed by atoms with van der Waals surface area (Å²) in [6.07, 6.45) is 5.49. The Morgan fingerprint density at radius 1 is 0.750 bits per heavy atom. The van der Waals surface area contributed by atoms with Gasteiger partial charge in [-0.2, -0.15) is 0 Å². The van der Waals surface area contributed by atoms with Crippen molar-refractivity contribution in [3.8, 4) is 0 Å². The van der Waals surface area contributed by atoms with Crippen LogP contribution in [0.15, 0.2) is 0 Å². The summed E-state index contributed by atoms with van der Waals surface area (Å²) in [4.78, 5) is 7.60. The van der Waals surface area contributed by atoms with E-state index in [1.54, 1.807) is 0 Å². The van der Waals surface area contributed by atoms with Gasteiger partial charge in [-0.3, -0.25) is 0 Å². The monoisotopic (exact) mass is 359 g/mol. The fourth-order valence-corrected chi connectivity index (χ4v) is 4.27. The molecule has 0 atom stereocenters. The highest BCUT2D eigenvalue weighted by molar-refractivity contribution is 6.27. The number of hydrogen-bond donors (Lipinski definition) is 0. The molecule has 0 bridgehead atoms. The van der Waals surface area contributed by atoms with E-state index in [1.807, 2.05) is 0 Å². The Bertz CT molecular complexity index is 249. The quantitative estimate of drug-likeness (QED) is 0.293. The fraction of sp³-hybridized carbons (Fsp3) is 1.00. The van der Waals surface area contributed by atoms with Crippen molar-refractivity contribution < 1.29 is 4.43 Å². The van der Waals surface area contributed by atoms with Gasteiger partial charge < -0.3 is 19.1 Å². The molecular formula is C19H45N3OSi. The molecule has 0 saturated carbocycles. The molecule has 0 rings (SSSR count). The first-order valence-electron chi connectivity index (χ1n) is 10.2. The third-order valence-corrected chi connectivity index (χ3v) is 5.82. The maximum Gasteiger partial charge on any atom is 0.163 e. The van der Waals surface area contributed by atoms with Gasteiger partial charge in [-0.1, -0.05) is 13.8 Å². The minimum atomic E-state index is -0.335. The van der Waals surface area contributed by atoms with Gasteiger partial charge in [0.15, 0.2) is 9.76 Å². The van der Waals surface area contributed by atoms with Crippen LogP contribution in [0.4, 0.5) is 0 Å². The van der Waals surface area contributed by atoms with E-state index in [-0.39, 0.29) is 9.76 Å². The van der Waals surface area contributed by atoms with Gasteiger partial charge in [0.05, 0.1) is 0 Å². The van der Waals surface area contributed by atoms with Gasteiger partial charge in [-0.25, -0.2) is 0 Å². The molecule has 0 aromatic carbocycles. The molecule has 146 valence electrons. The van der Waals surface area contributed by atoms with Gasteiger partial charge in [0, 0.05) is 6.10 Å². The SMILES string of the molecule is CCCN(C)CCCN(CCCN(C)CCC)CC[SiH2]OC(C)C. The molecule has 0 heterocycles. The third kappa shape index (κ3) is 15.6. The molecule has 5 heteroatoms. The van der Waals surface area contributed by atoms with Crippen LogP contribution in [0.1, 0.15) is 53.4 Å². The van der Waals surface area contributed by atoms with Crippen LogP contribution in [0.5, 0.6) is 0 Å². The summed E-state index contributed by atoms with van der Waals surface area (Å²) in [6.45, 7) is 17.4. The van der Waals surface area contributed by atoms with E-state index >= 15 is 0 Å². The molecule has 0 fully saturated rings. The van der Waals surface area contributed by atoms with Gasteiger partial charge in [-0.05, 0) is 105 Å². The summed E-state index contributed by atoms with van der Waals surface area (Å²) >= 11 is 0. The maximum absolute atomic E-state index is 5.84. The van der Waals surface area contributed by atoms with Gasteiger partial charge in [-0.15, -0.1) is 0 Å². The minimum Gasteiger partial charge on any atom is -0.422 e. The highest BCUT2D eigenvalue weighted by atomic mass is 28.2. The zero-order chi connectivity index (χ0) is 18.2. The molecular weight excluding hydrogens is 314 g/mol. The van der Waals surface area contributed by atoms with Crippen LogP contribution in [0, 0.1) is 0 Å². The molecule has 0 aliphatic rings. The summed E-state index contributed by atoms with van der Waals surface area (Å²) in [5.41, 5.74) is 0. The lowest BCUT2D eigenvalue weighted by molar-refractivity contribution is 0.226. The molecule has 0 aliphatic carbocycles. The number of hydrogen-bond acceptors (Lipinski definition) is 4. The predicted octanol–water partition coefficient (Wildman–Crippen LogP) is 2.68. The lowest BCUT2D eigenvalue weighted by atomic mass is 10.3. The zero-order valence-corrected chi connectivity index (χ0v) is 18.9. The largest absolute Gasteiger partial charge is 0.422 e. The van der Waals surface area contributed by atoms with Crippen LogP contribution in [0.2, 0.25) is 6.04 Å². The molecule has 0 aromatic rings. The van der Waals surface area contributed by atoms with Gasteiger partial charge in [0.2, 0.25) is 0 Å². The summed E-state index contributed by atoms with van der Waals surface area (Å²) in [6, 6.07) is 1.29. The van der Waals surface area contributed by atoms with E-state index in [0.29, 0.717) is 6.10 Å². The highest BCUT2D eigenvalue weighted by Crippen LogP contribution is 2.01. The van der Waals surface area contributed by atoms with Crippen molar-refractivity contribution in [2.24, 2.45) is 0 Å². The zero-order valence-electron chi connectivity index (χ0n) is 17.5. The summed E-state index contributed by atoms with van der Waals surface area (Å²) in [5.74, 6) is 0. The number of nitrogens with zero attached hydrogens (tertiary/aromatic N) is 3. The van der Waals surface area contributed by atoms with Gasteiger partial charge >= 0.3 is 0 Å². The lowest BCUT2D eigenvalue weighted by Crippen LogP contribution is -2.33.